The molecular weight excluding hydrogens is 368 g/mol. The first-order valence-corrected chi connectivity index (χ1v) is 9.62. The molecule has 0 atom stereocenters. The zero-order chi connectivity index (χ0) is 19.2. The highest BCUT2D eigenvalue weighted by atomic mass is 32.1. The van der Waals surface area contributed by atoms with Crippen LogP contribution in [0.25, 0.3) is 10.6 Å². The number of imidazole rings is 1. The van der Waals surface area contributed by atoms with Crippen LogP contribution in [0.5, 0.6) is 0 Å². The van der Waals surface area contributed by atoms with Crippen LogP contribution in [0.1, 0.15) is 12.8 Å². The first kappa shape index (κ1) is 19.1. The molecule has 144 valence electrons. The summed E-state index contributed by atoms with van der Waals surface area (Å²) in [5, 5.41) is 17.7. The number of hydrogen-bond acceptors (Lipinski definition) is 6. The maximum absolute atomic E-state index is 9.55. The van der Waals surface area contributed by atoms with Crippen LogP contribution >= 0.6 is 11.3 Å². The van der Waals surface area contributed by atoms with E-state index in [-0.39, 0.29) is 0 Å². The van der Waals surface area contributed by atoms with E-state index in [2.05, 4.69) is 37.3 Å². The number of carboxylic acids is 2. The van der Waals surface area contributed by atoms with Crippen molar-refractivity contribution < 1.29 is 19.8 Å². The van der Waals surface area contributed by atoms with E-state index in [9.17, 15) is 9.59 Å². The normalized spacial score (nSPS) is 21.6. The number of rotatable bonds is 4. The van der Waals surface area contributed by atoms with Crippen LogP contribution in [0.2, 0.25) is 0 Å². The Morgan fingerprint density at radius 1 is 1.15 bits per heavy atom. The molecule has 2 aromatic heterocycles. The summed E-state index contributed by atoms with van der Waals surface area (Å²) >= 11 is 1.76. The quantitative estimate of drug-likeness (QED) is 0.686. The molecular formula is C18H22N4O4S. The number of carbonyl (C=O) groups is 2. The minimum absolute atomic E-state index is 0.558. The Hall–Kier alpha value is -2.65. The molecule has 27 heavy (non-hydrogen) atoms. The van der Waals surface area contributed by atoms with Crippen LogP contribution in [0.15, 0.2) is 35.9 Å². The Balaban J connectivity index is 0.000000226. The first-order valence-electron chi connectivity index (χ1n) is 8.75. The van der Waals surface area contributed by atoms with E-state index >= 15 is 0 Å². The van der Waals surface area contributed by atoms with E-state index in [1.807, 2.05) is 6.20 Å². The Bertz CT molecular complexity index is 778. The number of nitrogens with zero attached hydrogens (tertiary/aromatic N) is 3. The van der Waals surface area contributed by atoms with Gasteiger partial charge < -0.3 is 25.0 Å². The molecule has 8 nitrogen and oxygen atoms in total. The number of H-pyrrole nitrogens is 1. The summed E-state index contributed by atoms with van der Waals surface area (Å²) in [5.74, 6) is -1.46. The van der Waals surface area contributed by atoms with Crippen molar-refractivity contribution in [3.05, 3.63) is 35.9 Å². The Morgan fingerprint density at radius 3 is 2.44 bits per heavy atom. The molecule has 5 rings (SSSR count). The van der Waals surface area contributed by atoms with E-state index in [4.69, 9.17) is 10.2 Å². The predicted octanol–water partition coefficient (Wildman–Crippen LogP) is 2.13. The maximum atomic E-state index is 9.55. The van der Waals surface area contributed by atoms with Crippen molar-refractivity contribution in [2.75, 3.05) is 31.1 Å². The number of carboxylic acid groups (broad SMARTS) is 2. The van der Waals surface area contributed by atoms with Gasteiger partial charge in [0.05, 0.1) is 16.8 Å². The number of thiophene rings is 1. The van der Waals surface area contributed by atoms with Gasteiger partial charge in [-0.15, -0.1) is 11.3 Å². The molecule has 3 fully saturated rings. The van der Waals surface area contributed by atoms with Gasteiger partial charge in [0.25, 0.3) is 0 Å². The van der Waals surface area contributed by atoms with Crippen LogP contribution in [0, 0.1) is 0 Å². The SMILES string of the molecule is O=C(O)/C=C/C(=O)O.c1csc(-c2cnc(N3CCN4CCC3CC4)[nH]2)c1. The topological polar surface area (TPSA) is 110 Å². The van der Waals surface area contributed by atoms with E-state index in [0.717, 1.165) is 18.2 Å². The zero-order valence-corrected chi connectivity index (χ0v) is 15.6. The standard InChI is InChI=1S/C14H18N4S.C4H4O4/c1-2-13(19-9-1)12-10-15-14(16-12)18-8-7-17-5-3-11(18)4-6-17;5-3(6)1-2-4(7)8/h1-2,9-11H,3-8H2,(H,15,16);1-2H,(H,5,6)(H,7,8)/b;2-1+. The molecule has 5 heterocycles. The number of fused-ring (bicyclic) bond motifs is 4. The molecule has 2 aromatic rings. The number of anilines is 1. The molecule has 0 aliphatic carbocycles. The Labute approximate surface area is 160 Å². The van der Waals surface area contributed by atoms with Crippen LogP contribution in [0.4, 0.5) is 5.95 Å². The van der Waals surface area contributed by atoms with Gasteiger partial charge in [0.15, 0.2) is 0 Å². The fraction of sp³-hybridized carbons (Fsp3) is 0.389. The number of nitrogens with one attached hydrogen (secondary N) is 1. The van der Waals surface area contributed by atoms with Gasteiger partial charge >= 0.3 is 11.9 Å². The number of piperidine rings is 1. The lowest BCUT2D eigenvalue weighted by atomic mass is 10.1. The molecule has 0 radical (unpaired) electrons. The predicted molar refractivity (Wildman–Crippen MR) is 103 cm³/mol. The van der Waals surface area contributed by atoms with Crippen molar-refractivity contribution in [3.8, 4) is 10.6 Å². The third-order valence-electron chi connectivity index (χ3n) is 4.64. The van der Waals surface area contributed by atoms with Gasteiger partial charge in [-0.3, -0.25) is 0 Å². The van der Waals surface area contributed by atoms with Gasteiger partial charge in [-0.2, -0.15) is 0 Å². The summed E-state index contributed by atoms with van der Waals surface area (Å²) in [6, 6.07) is 4.89. The number of aliphatic carboxylic acids is 2. The molecule has 3 saturated heterocycles. The van der Waals surface area contributed by atoms with Gasteiger partial charge in [-0.05, 0) is 24.3 Å². The minimum atomic E-state index is -1.26. The Morgan fingerprint density at radius 2 is 1.85 bits per heavy atom. The fourth-order valence-corrected chi connectivity index (χ4v) is 4.01. The fourth-order valence-electron chi connectivity index (χ4n) is 3.32. The van der Waals surface area contributed by atoms with Gasteiger partial charge in [0.1, 0.15) is 0 Å². The molecule has 3 aliphatic heterocycles. The molecule has 0 aromatic carbocycles. The lowest BCUT2D eigenvalue weighted by molar-refractivity contribution is -0.134. The molecule has 0 saturated carbocycles. The van der Waals surface area contributed by atoms with E-state index < -0.39 is 11.9 Å². The lowest BCUT2D eigenvalue weighted by Crippen LogP contribution is -2.38. The highest BCUT2D eigenvalue weighted by Gasteiger charge is 2.30. The minimum Gasteiger partial charge on any atom is -0.478 e. The molecule has 9 heteroatoms. The summed E-state index contributed by atoms with van der Waals surface area (Å²) in [7, 11) is 0. The van der Waals surface area contributed by atoms with E-state index in [1.54, 1.807) is 11.3 Å². The maximum Gasteiger partial charge on any atom is 0.328 e. The third-order valence-corrected chi connectivity index (χ3v) is 5.55. The first-order chi connectivity index (χ1) is 13.0. The van der Waals surface area contributed by atoms with Crippen LogP contribution < -0.4 is 4.90 Å². The number of hydrogen-bond donors (Lipinski definition) is 3. The van der Waals surface area contributed by atoms with Crippen molar-refractivity contribution in [1.29, 1.82) is 0 Å². The molecule has 0 unspecified atom stereocenters. The lowest BCUT2D eigenvalue weighted by Gasteiger charge is -2.31. The second-order valence-electron chi connectivity index (χ2n) is 6.37. The average Bonchev–Trinajstić information content (AvgIpc) is 3.27. The van der Waals surface area contributed by atoms with Crippen molar-refractivity contribution in [1.82, 2.24) is 14.9 Å². The van der Waals surface area contributed by atoms with Gasteiger partial charge in [-0.25, -0.2) is 14.6 Å². The smallest absolute Gasteiger partial charge is 0.328 e. The number of aromatic amines is 1. The second kappa shape index (κ2) is 8.83. The second-order valence-corrected chi connectivity index (χ2v) is 7.32. The van der Waals surface area contributed by atoms with Crippen LogP contribution in [0.3, 0.4) is 0 Å². The summed E-state index contributed by atoms with van der Waals surface area (Å²) < 4.78 is 0. The summed E-state index contributed by atoms with van der Waals surface area (Å²) in [4.78, 5) is 33.5. The van der Waals surface area contributed by atoms with Gasteiger partial charge in [-0.1, -0.05) is 6.07 Å². The largest absolute Gasteiger partial charge is 0.478 e. The molecule has 0 spiro atoms. The monoisotopic (exact) mass is 390 g/mol. The van der Waals surface area contributed by atoms with Crippen molar-refractivity contribution >= 4 is 29.2 Å². The highest BCUT2D eigenvalue weighted by Crippen LogP contribution is 2.28. The number of aromatic nitrogens is 2. The molecule has 2 bridgehead atoms. The Kier molecular flexibility index (Phi) is 6.25. The van der Waals surface area contributed by atoms with Crippen molar-refractivity contribution in [2.24, 2.45) is 0 Å². The summed E-state index contributed by atoms with van der Waals surface area (Å²) in [6.07, 6.45) is 5.63. The van der Waals surface area contributed by atoms with E-state index in [0.29, 0.717) is 18.2 Å². The van der Waals surface area contributed by atoms with Gasteiger partial charge in [0.2, 0.25) is 5.95 Å². The van der Waals surface area contributed by atoms with E-state index in [1.165, 1.54) is 37.4 Å². The highest BCUT2D eigenvalue weighted by molar-refractivity contribution is 7.13. The zero-order valence-electron chi connectivity index (χ0n) is 14.7. The molecule has 3 N–H and O–H groups in total. The molecule has 0 amide bonds. The van der Waals surface area contributed by atoms with Crippen molar-refractivity contribution in [3.63, 3.8) is 0 Å². The summed E-state index contributed by atoms with van der Waals surface area (Å²) in [6.45, 7) is 4.77. The van der Waals surface area contributed by atoms with Crippen LogP contribution in [-0.4, -0.2) is 69.2 Å². The van der Waals surface area contributed by atoms with Gasteiger partial charge in [0, 0.05) is 44.4 Å². The van der Waals surface area contributed by atoms with Crippen molar-refractivity contribution in [2.45, 2.75) is 18.9 Å². The average molecular weight is 390 g/mol. The van der Waals surface area contributed by atoms with Crippen LogP contribution in [-0.2, 0) is 9.59 Å². The summed E-state index contributed by atoms with van der Waals surface area (Å²) in [5.41, 5.74) is 1.14. The molecule has 3 aliphatic rings. The third kappa shape index (κ3) is 5.18.